The number of furan rings is 1. The molecule has 0 radical (unpaired) electrons. The fraction of sp³-hybridized carbons (Fsp3) is 0.231. The molecule has 92 valence electrons. The van der Waals surface area contributed by atoms with Gasteiger partial charge in [0.05, 0.1) is 25.5 Å². The van der Waals surface area contributed by atoms with E-state index in [0.29, 0.717) is 11.3 Å². The van der Waals surface area contributed by atoms with Gasteiger partial charge in [-0.1, -0.05) is 12.1 Å². The Kier molecular flexibility index (Phi) is 3.49. The predicted molar refractivity (Wildman–Crippen MR) is 63.1 cm³/mol. The molecule has 0 amide bonds. The van der Waals surface area contributed by atoms with Crippen molar-refractivity contribution in [1.82, 2.24) is 0 Å². The Morgan fingerprint density at radius 1 is 1.44 bits per heavy atom. The van der Waals surface area contributed by atoms with Crippen molar-refractivity contribution in [3.8, 4) is 11.8 Å². The van der Waals surface area contributed by atoms with Gasteiger partial charge in [-0.15, -0.1) is 0 Å². The predicted octanol–water partition coefficient (Wildman–Crippen LogP) is 2.25. The van der Waals surface area contributed by atoms with E-state index in [9.17, 15) is 4.79 Å². The molecule has 0 aliphatic heterocycles. The summed E-state index contributed by atoms with van der Waals surface area (Å²) in [7, 11) is 1.32. The van der Waals surface area contributed by atoms with Gasteiger partial charge in [0, 0.05) is 0 Å². The molecular weight excluding hydrogens is 234 g/mol. The van der Waals surface area contributed by atoms with Gasteiger partial charge < -0.3 is 13.9 Å². The number of benzene rings is 1. The van der Waals surface area contributed by atoms with Crippen LogP contribution in [-0.2, 0) is 9.53 Å². The van der Waals surface area contributed by atoms with E-state index < -0.39 is 0 Å². The zero-order valence-corrected chi connectivity index (χ0v) is 9.80. The number of para-hydroxylation sites is 1. The molecule has 0 fully saturated rings. The molecule has 0 unspecified atom stereocenters. The van der Waals surface area contributed by atoms with Crippen molar-refractivity contribution in [2.45, 2.75) is 6.42 Å². The van der Waals surface area contributed by atoms with Gasteiger partial charge in [0.15, 0.2) is 5.75 Å². The third kappa shape index (κ3) is 2.28. The second-order valence-corrected chi connectivity index (χ2v) is 3.54. The van der Waals surface area contributed by atoms with E-state index in [1.807, 2.05) is 18.2 Å². The van der Waals surface area contributed by atoms with Crippen molar-refractivity contribution < 1.29 is 18.7 Å². The van der Waals surface area contributed by atoms with Crippen molar-refractivity contribution in [2.24, 2.45) is 0 Å². The summed E-state index contributed by atoms with van der Waals surface area (Å²) in [6.07, 6.45) is 0.126. The molecule has 1 aromatic carbocycles. The van der Waals surface area contributed by atoms with Crippen LogP contribution >= 0.6 is 0 Å². The molecule has 1 heterocycles. The zero-order valence-electron chi connectivity index (χ0n) is 9.80. The molecule has 1 aromatic heterocycles. The lowest BCUT2D eigenvalue weighted by molar-refractivity contribution is -0.141. The van der Waals surface area contributed by atoms with Gasteiger partial charge in [0.1, 0.15) is 11.7 Å². The summed E-state index contributed by atoms with van der Waals surface area (Å²) in [5, 5.41) is 9.68. The molecule has 0 N–H and O–H groups in total. The fourth-order valence-corrected chi connectivity index (χ4v) is 1.58. The highest BCUT2D eigenvalue weighted by molar-refractivity contribution is 5.86. The average molecular weight is 245 g/mol. The molecular formula is C13H11NO4. The Balaban J connectivity index is 2.21. The Bertz CT molecular complexity index is 609. The number of nitriles is 1. The van der Waals surface area contributed by atoms with E-state index in [2.05, 4.69) is 4.74 Å². The maximum Gasteiger partial charge on any atom is 0.308 e. The number of ether oxygens (including phenoxy) is 2. The van der Waals surface area contributed by atoms with Crippen LogP contribution in [-0.4, -0.2) is 19.7 Å². The summed E-state index contributed by atoms with van der Waals surface area (Å²) in [4.78, 5) is 11.0. The number of hydrogen-bond acceptors (Lipinski definition) is 5. The lowest BCUT2D eigenvalue weighted by atomic mass is 10.2. The fourth-order valence-electron chi connectivity index (χ4n) is 1.58. The third-order valence-corrected chi connectivity index (χ3v) is 2.43. The first-order chi connectivity index (χ1) is 8.76. The van der Waals surface area contributed by atoms with E-state index in [0.717, 1.165) is 5.39 Å². The Labute approximate surface area is 104 Å². The molecule has 0 aliphatic carbocycles. The Morgan fingerprint density at radius 2 is 2.22 bits per heavy atom. The molecule has 0 atom stereocenters. The van der Waals surface area contributed by atoms with Crippen LogP contribution in [0.5, 0.6) is 5.75 Å². The van der Waals surface area contributed by atoms with Crippen LogP contribution in [0.4, 0.5) is 0 Å². The normalized spacial score (nSPS) is 10.0. The topological polar surface area (TPSA) is 72.5 Å². The largest absolute Gasteiger partial charge is 0.488 e. The molecule has 0 aliphatic rings. The first-order valence-electron chi connectivity index (χ1n) is 5.37. The summed E-state index contributed by atoms with van der Waals surface area (Å²) in [6, 6.07) is 9.12. The second-order valence-electron chi connectivity index (χ2n) is 3.54. The zero-order chi connectivity index (χ0) is 13.0. The average Bonchev–Trinajstić information content (AvgIpc) is 2.77. The highest BCUT2D eigenvalue weighted by Crippen LogP contribution is 2.32. The number of rotatable bonds is 4. The van der Waals surface area contributed by atoms with Gasteiger partial charge in [-0.3, -0.25) is 4.79 Å². The van der Waals surface area contributed by atoms with Crippen LogP contribution in [0.15, 0.2) is 28.7 Å². The first-order valence-corrected chi connectivity index (χ1v) is 5.37. The summed E-state index contributed by atoms with van der Waals surface area (Å²) in [5.41, 5.74) is 0.585. The van der Waals surface area contributed by atoms with E-state index in [-0.39, 0.29) is 24.8 Å². The molecule has 0 spiro atoms. The number of hydrogen-bond donors (Lipinski definition) is 0. The number of fused-ring (bicyclic) bond motifs is 1. The van der Waals surface area contributed by atoms with Gasteiger partial charge in [0.25, 0.3) is 0 Å². The van der Waals surface area contributed by atoms with E-state index in [4.69, 9.17) is 14.4 Å². The summed E-state index contributed by atoms with van der Waals surface area (Å²) in [5.74, 6) is 0.124. The lowest BCUT2D eigenvalue weighted by Gasteiger charge is -2.03. The first kappa shape index (κ1) is 12.0. The van der Waals surface area contributed by atoms with Crippen LogP contribution in [0, 0.1) is 11.3 Å². The molecule has 5 nitrogen and oxygen atoms in total. The third-order valence-electron chi connectivity index (χ3n) is 2.43. The minimum atomic E-state index is -0.360. The van der Waals surface area contributed by atoms with Gasteiger partial charge in [-0.25, -0.2) is 0 Å². The highest BCUT2D eigenvalue weighted by Gasteiger charge is 2.15. The number of carbonyl (C=O) groups is 1. The second kappa shape index (κ2) is 5.23. The van der Waals surface area contributed by atoms with Crippen LogP contribution in [0.1, 0.15) is 12.2 Å². The lowest BCUT2D eigenvalue weighted by Crippen LogP contribution is -2.07. The highest BCUT2D eigenvalue weighted by atomic mass is 16.5. The van der Waals surface area contributed by atoms with Crippen LogP contribution in [0.3, 0.4) is 0 Å². The molecule has 2 rings (SSSR count). The van der Waals surface area contributed by atoms with Gasteiger partial charge >= 0.3 is 5.97 Å². The summed E-state index contributed by atoms with van der Waals surface area (Å²) >= 11 is 0. The molecule has 2 aromatic rings. The quantitative estimate of drug-likeness (QED) is 0.772. The number of nitrogens with zero attached hydrogens (tertiary/aromatic N) is 1. The molecule has 0 saturated heterocycles. The Morgan fingerprint density at radius 3 is 2.94 bits per heavy atom. The van der Waals surface area contributed by atoms with E-state index >= 15 is 0 Å². The van der Waals surface area contributed by atoms with Crippen molar-refractivity contribution >= 4 is 16.9 Å². The maximum atomic E-state index is 11.0. The van der Waals surface area contributed by atoms with Crippen molar-refractivity contribution in [2.75, 3.05) is 13.7 Å². The van der Waals surface area contributed by atoms with Gasteiger partial charge in [-0.05, 0) is 12.1 Å². The maximum absolute atomic E-state index is 11.0. The SMILES string of the molecule is COC(=O)CCOc1c(C#N)oc2ccccc12. The van der Waals surface area contributed by atoms with E-state index in [1.165, 1.54) is 7.11 Å². The molecule has 0 bridgehead atoms. The van der Waals surface area contributed by atoms with Crippen molar-refractivity contribution in [1.29, 1.82) is 5.26 Å². The number of carbonyl (C=O) groups excluding carboxylic acids is 1. The van der Waals surface area contributed by atoms with Crippen molar-refractivity contribution in [3.05, 3.63) is 30.0 Å². The van der Waals surface area contributed by atoms with Crippen LogP contribution in [0.2, 0.25) is 0 Å². The summed E-state index contributed by atoms with van der Waals surface area (Å²) in [6.45, 7) is 0.144. The van der Waals surface area contributed by atoms with Gasteiger partial charge in [0.2, 0.25) is 5.76 Å². The number of esters is 1. The Hall–Kier alpha value is -2.48. The number of methoxy groups -OCH3 is 1. The summed E-state index contributed by atoms with van der Waals surface area (Å²) < 4.78 is 15.3. The minimum Gasteiger partial charge on any atom is -0.488 e. The molecule has 5 heteroatoms. The van der Waals surface area contributed by atoms with Crippen LogP contribution < -0.4 is 4.74 Å². The minimum absolute atomic E-state index is 0.112. The molecule has 0 saturated carbocycles. The van der Waals surface area contributed by atoms with Crippen molar-refractivity contribution in [3.63, 3.8) is 0 Å². The van der Waals surface area contributed by atoms with E-state index in [1.54, 1.807) is 12.1 Å². The molecule has 18 heavy (non-hydrogen) atoms. The monoisotopic (exact) mass is 245 g/mol. The van der Waals surface area contributed by atoms with Crippen LogP contribution in [0.25, 0.3) is 11.0 Å². The smallest absolute Gasteiger partial charge is 0.308 e. The van der Waals surface area contributed by atoms with Gasteiger partial charge in [-0.2, -0.15) is 5.26 Å². The standard InChI is InChI=1S/C13H11NO4/c1-16-12(15)6-7-17-13-9-4-2-3-5-10(9)18-11(13)8-14/h2-5H,6-7H2,1H3.